The van der Waals surface area contributed by atoms with Gasteiger partial charge in [-0.15, -0.1) is 0 Å². The molecule has 0 aromatic carbocycles. The quantitative estimate of drug-likeness (QED) is 0.414. The number of aromatic amines is 1. The number of hydrogen-bond donors (Lipinski definition) is 2. The molecule has 0 radical (unpaired) electrons. The van der Waals surface area contributed by atoms with Crippen LogP contribution in [0, 0.1) is 0 Å². The number of nitrogens with two attached hydrogens (primary N) is 1. The molecule has 0 saturated carbocycles. The molecule has 10 heavy (non-hydrogen) atoms. The molecule has 0 bridgehead atoms. The van der Waals surface area contributed by atoms with Crippen LogP contribution < -0.4 is 5.73 Å². The summed E-state index contributed by atoms with van der Waals surface area (Å²) in [6, 6.07) is 3.89. The molecule has 0 saturated heterocycles. The summed E-state index contributed by atoms with van der Waals surface area (Å²) in [7, 11) is 0. The normalized spacial score (nSPS) is 7.20. The van der Waals surface area contributed by atoms with Crippen molar-refractivity contribution in [3.63, 3.8) is 0 Å². The first kappa shape index (κ1) is 8.42. The summed E-state index contributed by atoms with van der Waals surface area (Å²) in [6.45, 7) is 0. The van der Waals surface area contributed by atoms with Gasteiger partial charge in [-0.1, -0.05) is 0 Å². The molecule has 1 rings (SSSR count). The second-order valence-electron chi connectivity index (χ2n) is 1.41. The van der Waals surface area contributed by atoms with Crippen LogP contribution in [-0.2, 0) is 9.59 Å². The summed E-state index contributed by atoms with van der Waals surface area (Å²) < 4.78 is 0. The van der Waals surface area contributed by atoms with Gasteiger partial charge in [0.1, 0.15) is 0 Å². The fourth-order valence-electron chi connectivity index (χ4n) is 0.278. The second-order valence-corrected chi connectivity index (χ2v) is 1.41. The van der Waals surface area contributed by atoms with Crippen molar-refractivity contribution in [3.8, 4) is 0 Å². The average molecular weight is 140 g/mol. The highest BCUT2D eigenvalue weighted by atomic mass is 16.2. The Bertz CT molecular complexity index is 164. The van der Waals surface area contributed by atoms with E-state index in [0.29, 0.717) is 0 Å². The standard InChI is InChI=1S/C4H5N.C2H3NO2/c1-2-4-5-3-1;3-2(5)1-4/h1-5H;1H,(H2,3,5). The molecule has 1 aromatic rings. The highest BCUT2D eigenvalue weighted by molar-refractivity contribution is 6.22. The maximum Gasteiger partial charge on any atom is 0.281 e. The van der Waals surface area contributed by atoms with Crippen molar-refractivity contribution in [3.05, 3.63) is 24.5 Å². The van der Waals surface area contributed by atoms with Gasteiger partial charge >= 0.3 is 0 Å². The van der Waals surface area contributed by atoms with E-state index in [1.807, 2.05) is 24.5 Å². The molecule has 1 aromatic heterocycles. The zero-order chi connectivity index (χ0) is 7.82. The third-order valence-corrected chi connectivity index (χ3v) is 0.612. The van der Waals surface area contributed by atoms with Crippen LogP contribution in [0.2, 0.25) is 0 Å². The Morgan fingerprint density at radius 2 is 1.80 bits per heavy atom. The third kappa shape index (κ3) is 6.42. The van der Waals surface area contributed by atoms with E-state index in [2.05, 4.69) is 10.7 Å². The van der Waals surface area contributed by atoms with Gasteiger partial charge in [0.2, 0.25) is 6.29 Å². The SMILES string of the molecule is NC(=O)C=O.c1cc[nH]c1. The van der Waals surface area contributed by atoms with Crippen LogP contribution in [0.1, 0.15) is 0 Å². The number of hydrogen-bond acceptors (Lipinski definition) is 2. The van der Waals surface area contributed by atoms with Crippen LogP contribution >= 0.6 is 0 Å². The minimum atomic E-state index is -0.926. The molecule has 54 valence electrons. The van der Waals surface area contributed by atoms with Crippen LogP contribution in [0.4, 0.5) is 0 Å². The van der Waals surface area contributed by atoms with Crippen LogP contribution in [0.15, 0.2) is 24.5 Å². The molecule has 4 heteroatoms. The summed E-state index contributed by atoms with van der Waals surface area (Å²) in [5.74, 6) is -0.926. The number of rotatable bonds is 1. The summed E-state index contributed by atoms with van der Waals surface area (Å²) >= 11 is 0. The van der Waals surface area contributed by atoms with E-state index in [4.69, 9.17) is 4.79 Å². The number of carbonyl (C=O) groups is 2. The van der Waals surface area contributed by atoms with Gasteiger partial charge in [0, 0.05) is 12.4 Å². The first-order valence-electron chi connectivity index (χ1n) is 2.59. The van der Waals surface area contributed by atoms with Crippen molar-refractivity contribution in [2.45, 2.75) is 0 Å². The average Bonchev–Trinajstić information content (AvgIpc) is 2.43. The molecular formula is C6H8N2O2. The van der Waals surface area contributed by atoms with E-state index >= 15 is 0 Å². The topological polar surface area (TPSA) is 76.0 Å². The molecule has 3 N–H and O–H groups in total. The summed E-state index contributed by atoms with van der Waals surface area (Å²) in [6.07, 6.45) is 3.81. The number of primary amides is 1. The van der Waals surface area contributed by atoms with Crippen molar-refractivity contribution in [2.75, 3.05) is 0 Å². The Morgan fingerprint density at radius 3 is 1.90 bits per heavy atom. The predicted molar refractivity (Wildman–Crippen MR) is 36.1 cm³/mol. The Hall–Kier alpha value is -1.58. The highest BCUT2D eigenvalue weighted by Crippen LogP contribution is 1.72. The summed E-state index contributed by atoms with van der Waals surface area (Å²) in [4.78, 5) is 21.1. The van der Waals surface area contributed by atoms with Crippen molar-refractivity contribution < 1.29 is 9.59 Å². The summed E-state index contributed by atoms with van der Waals surface area (Å²) in [5, 5.41) is 0. The minimum absolute atomic E-state index is 0.0556. The first-order valence-corrected chi connectivity index (χ1v) is 2.59. The Labute approximate surface area is 58.0 Å². The predicted octanol–water partition coefficient (Wildman–Crippen LogP) is -0.315. The van der Waals surface area contributed by atoms with Gasteiger partial charge < -0.3 is 10.7 Å². The second kappa shape index (κ2) is 5.55. The Balaban J connectivity index is 0.000000162. The van der Waals surface area contributed by atoms with Gasteiger partial charge in [0.25, 0.3) is 5.91 Å². The zero-order valence-electron chi connectivity index (χ0n) is 5.28. The number of amides is 1. The number of carbonyl (C=O) groups excluding carboxylic acids is 2. The lowest BCUT2D eigenvalue weighted by molar-refractivity contribution is -0.129. The third-order valence-electron chi connectivity index (χ3n) is 0.612. The molecule has 4 nitrogen and oxygen atoms in total. The Kier molecular flexibility index (Phi) is 4.68. The van der Waals surface area contributed by atoms with E-state index in [1.54, 1.807) is 0 Å². The fraction of sp³-hybridized carbons (Fsp3) is 0. The lowest BCUT2D eigenvalue weighted by Gasteiger charge is -1.60. The van der Waals surface area contributed by atoms with Crippen LogP contribution in [0.25, 0.3) is 0 Å². The van der Waals surface area contributed by atoms with E-state index in [1.165, 1.54) is 0 Å². The first-order chi connectivity index (χ1) is 4.77. The van der Waals surface area contributed by atoms with Crippen LogP contribution in [0.5, 0.6) is 0 Å². The van der Waals surface area contributed by atoms with Crippen LogP contribution in [0.3, 0.4) is 0 Å². The zero-order valence-corrected chi connectivity index (χ0v) is 5.28. The lowest BCUT2D eigenvalue weighted by atomic mass is 10.7. The monoisotopic (exact) mass is 140 g/mol. The lowest BCUT2D eigenvalue weighted by Crippen LogP contribution is -2.10. The largest absolute Gasteiger partial charge is 0.368 e. The van der Waals surface area contributed by atoms with Gasteiger partial charge in [-0.3, -0.25) is 9.59 Å². The minimum Gasteiger partial charge on any atom is -0.368 e. The van der Waals surface area contributed by atoms with E-state index in [-0.39, 0.29) is 6.29 Å². The molecule has 1 amide bonds. The molecule has 1 heterocycles. The molecule has 0 spiro atoms. The van der Waals surface area contributed by atoms with E-state index < -0.39 is 5.91 Å². The maximum absolute atomic E-state index is 9.22. The molecule has 0 fully saturated rings. The highest BCUT2D eigenvalue weighted by Gasteiger charge is 1.76. The van der Waals surface area contributed by atoms with Crippen molar-refractivity contribution >= 4 is 12.2 Å². The van der Waals surface area contributed by atoms with Gasteiger partial charge in [-0.05, 0) is 12.1 Å². The van der Waals surface area contributed by atoms with Gasteiger partial charge in [0.05, 0.1) is 0 Å². The molecular weight excluding hydrogens is 132 g/mol. The number of H-pyrrole nitrogens is 1. The van der Waals surface area contributed by atoms with Crippen LogP contribution in [-0.4, -0.2) is 17.2 Å². The maximum atomic E-state index is 9.22. The van der Waals surface area contributed by atoms with Gasteiger partial charge in [0.15, 0.2) is 0 Å². The Morgan fingerprint density at radius 1 is 1.40 bits per heavy atom. The van der Waals surface area contributed by atoms with E-state index in [0.717, 1.165) is 0 Å². The number of aldehydes is 1. The van der Waals surface area contributed by atoms with Crippen molar-refractivity contribution in [1.82, 2.24) is 4.98 Å². The summed E-state index contributed by atoms with van der Waals surface area (Å²) in [5.41, 5.74) is 4.28. The number of aromatic nitrogens is 1. The fourth-order valence-corrected chi connectivity index (χ4v) is 0.278. The molecule has 0 aliphatic rings. The van der Waals surface area contributed by atoms with Crippen molar-refractivity contribution in [1.29, 1.82) is 0 Å². The number of nitrogens with one attached hydrogen (secondary N) is 1. The van der Waals surface area contributed by atoms with Gasteiger partial charge in [-0.25, -0.2) is 0 Å². The molecule has 0 atom stereocenters. The smallest absolute Gasteiger partial charge is 0.281 e. The molecule has 0 aliphatic carbocycles. The molecule has 0 unspecified atom stereocenters. The van der Waals surface area contributed by atoms with E-state index in [9.17, 15) is 4.79 Å². The molecule has 0 aliphatic heterocycles. The van der Waals surface area contributed by atoms with Gasteiger partial charge in [-0.2, -0.15) is 0 Å². The van der Waals surface area contributed by atoms with Crippen molar-refractivity contribution in [2.24, 2.45) is 5.73 Å².